The summed E-state index contributed by atoms with van der Waals surface area (Å²) < 4.78 is 5.86. The molecule has 0 amide bonds. The summed E-state index contributed by atoms with van der Waals surface area (Å²) in [5, 5.41) is 9.46. The summed E-state index contributed by atoms with van der Waals surface area (Å²) in [5.41, 5.74) is 1.68. The van der Waals surface area contributed by atoms with Crippen LogP contribution in [0, 0.1) is 11.3 Å². The molecule has 0 heterocycles. The summed E-state index contributed by atoms with van der Waals surface area (Å²) in [6.07, 6.45) is 0. The first-order valence-corrected chi connectivity index (χ1v) is 6.45. The summed E-state index contributed by atoms with van der Waals surface area (Å²) in [6.45, 7) is 4.19. The fourth-order valence-electron chi connectivity index (χ4n) is 1.79. The van der Waals surface area contributed by atoms with Crippen LogP contribution in [0.15, 0.2) is 42.5 Å². The molecule has 0 bridgehead atoms. The minimum Gasteiger partial charge on any atom is -0.457 e. The van der Waals surface area contributed by atoms with Gasteiger partial charge in [-0.05, 0) is 53.9 Å². The van der Waals surface area contributed by atoms with Gasteiger partial charge in [0, 0.05) is 5.02 Å². The van der Waals surface area contributed by atoms with Crippen LogP contribution in [0.4, 0.5) is 0 Å². The van der Waals surface area contributed by atoms with Crippen molar-refractivity contribution in [2.75, 3.05) is 0 Å². The molecule has 0 spiro atoms. The predicted molar refractivity (Wildman–Crippen MR) is 76.8 cm³/mol. The highest BCUT2D eigenvalue weighted by molar-refractivity contribution is 6.30. The molecule has 0 unspecified atom stereocenters. The van der Waals surface area contributed by atoms with E-state index in [0.29, 0.717) is 22.3 Å². The molecule has 2 nitrogen and oxygen atoms in total. The van der Waals surface area contributed by atoms with Gasteiger partial charge in [-0.3, -0.25) is 0 Å². The van der Waals surface area contributed by atoms with Crippen LogP contribution in [0.1, 0.15) is 30.9 Å². The zero-order chi connectivity index (χ0) is 13.8. The van der Waals surface area contributed by atoms with E-state index in [0.717, 1.165) is 11.3 Å². The van der Waals surface area contributed by atoms with Gasteiger partial charge in [-0.2, -0.15) is 5.26 Å². The third kappa shape index (κ3) is 3.27. The van der Waals surface area contributed by atoms with Crippen LogP contribution in [0.2, 0.25) is 5.02 Å². The normalized spacial score (nSPS) is 10.3. The molecule has 2 aromatic rings. The number of nitriles is 1. The van der Waals surface area contributed by atoms with Crippen molar-refractivity contribution in [2.24, 2.45) is 0 Å². The fraction of sp³-hybridized carbons (Fsp3) is 0.188. The van der Waals surface area contributed by atoms with Gasteiger partial charge in [0.2, 0.25) is 0 Å². The smallest absolute Gasteiger partial charge is 0.130 e. The van der Waals surface area contributed by atoms with E-state index in [1.165, 1.54) is 0 Å². The molecule has 0 aliphatic rings. The molecule has 19 heavy (non-hydrogen) atoms. The Labute approximate surface area is 118 Å². The van der Waals surface area contributed by atoms with Crippen LogP contribution in [0.3, 0.4) is 0 Å². The Hall–Kier alpha value is -1.98. The van der Waals surface area contributed by atoms with Crippen molar-refractivity contribution in [3.8, 4) is 17.6 Å². The zero-order valence-corrected chi connectivity index (χ0v) is 11.6. The predicted octanol–water partition coefficient (Wildman–Crippen LogP) is 5.13. The average molecular weight is 272 g/mol. The zero-order valence-electron chi connectivity index (χ0n) is 10.9. The van der Waals surface area contributed by atoms with E-state index in [1.807, 2.05) is 18.2 Å². The van der Waals surface area contributed by atoms with E-state index >= 15 is 0 Å². The van der Waals surface area contributed by atoms with Crippen molar-refractivity contribution in [3.05, 3.63) is 58.6 Å². The molecule has 3 heteroatoms. The van der Waals surface area contributed by atoms with E-state index in [9.17, 15) is 0 Å². The maximum Gasteiger partial charge on any atom is 0.130 e. The van der Waals surface area contributed by atoms with Crippen LogP contribution in [0.25, 0.3) is 0 Å². The highest BCUT2D eigenvalue weighted by atomic mass is 35.5. The summed E-state index contributed by atoms with van der Waals surface area (Å²) in [5.74, 6) is 1.83. The number of hydrogen-bond donors (Lipinski definition) is 0. The fourth-order valence-corrected chi connectivity index (χ4v) is 1.97. The molecular formula is C16H14ClNO. The number of nitrogens with zero attached hydrogens (tertiary/aromatic N) is 1. The Balaban J connectivity index is 2.30. The minimum atomic E-state index is 0.326. The van der Waals surface area contributed by atoms with Crippen LogP contribution < -0.4 is 4.74 Å². The quantitative estimate of drug-likeness (QED) is 0.775. The summed E-state index contributed by atoms with van der Waals surface area (Å²) in [7, 11) is 0. The van der Waals surface area contributed by atoms with Crippen LogP contribution in [0.5, 0.6) is 11.5 Å². The van der Waals surface area contributed by atoms with Gasteiger partial charge in [-0.25, -0.2) is 0 Å². The van der Waals surface area contributed by atoms with Crippen molar-refractivity contribution in [1.82, 2.24) is 0 Å². The van der Waals surface area contributed by atoms with Gasteiger partial charge in [0.1, 0.15) is 11.5 Å². The highest BCUT2D eigenvalue weighted by Crippen LogP contribution is 2.32. The topological polar surface area (TPSA) is 33.0 Å². The number of benzene rings is 2. The lowest BCUT2D eigenvalue weighted by atomic mass is 10.0. The molecule has 0 atom stereocenters. The molecule has 0 saturated carbocycles. The van der Waals surface area contributed by atoms with Gasteiger partial charge in [-0.1, -0.05) is 25.4 Å². The first-order chi connectivity index (χ1) is 9.10. The lowest BCUT2D eigenvalue weighted by Gasteiger charge is -2.14. The second-order valence-corrected chi connectivity index (χ2v) is 5.01. The Morgan fingerprint density at radius 2 is 1.79 bits per heavy atom. The molecule has 0 aliphatic heterocycles. The van der Waals surface area contributed by atoms with E-state index in [4.69, 9.17) is 21.6 Å². The Morgan fingerprint density at radius 1 is 1.11 bits per heavy atom. The molecular weight excluding hydrogens is 258 g/mol. The molecule has 0 saturated heterocycles. The Morgan fingerprint density at radius 3 is 2.37 bits per heavy atom. The van der Waals surface area contributed by atoms with Gasteiger partial charge in [0.15, 0.2) is 0 Å². The van der Waals surface area contributed by atoms with Gasteiger partial charge in [-0.15, -0.1) is 0 Å². The number of halogens is 1. The lowest BCUT2D eigenvalue weighted by Crippen LogP contribution is -1.94. The Bertz CT molecular complexity index is 612. The van der Waals surface area contributed by atoms with E-state index < -0.39 is 0 Å². The van der Waals surface area contributed by atoms with Gasteiger partial charge in [0.25, 0.3) is 0 Å². The molecule has 2 aromatic carbocycles. The third-order valence-electron chi connectivity index (χ3n) is 2.81. The highest BCUT2D eigenvalue weighted by Gasteiger charge is 2.09. The summed E-state index contributed by atoms with van der Waals surface area (Å²) in [4.78, 5) is 0. The maximum absolute atomic E-state index is 8.76. The molecule has 0 N–H and O–H groups in total. The first-order valence-electron chi connectivity index (χ1n) is 6.07. The maximum atomic E-state index is 8.76. The standard InChI is InChI=1S/C16H14ClNO/c1-11(2)15-9-13(17)5-8-16(15)19-14-6-3-12(10-18)4-7-14/h3-9,11H,1-2H3. The first kappa shape index (κ1) is 13.5. The number of hydrogen-bond acceptors (Lipinski definition) is 2. The molecule has 96 valence electrons. The van der Waals surface area contributed by atoms with Crippen LogP contribution >= 0.6 is 11.6 Å². The second-order valence-electron chi connectivity index (χ2n) is 4.58. The number of ether oxygens (including phenoxy) is 1. The molecule has 0 aliphatic carbocycles. The SMILES string of the molecule is CC(C)c1cc(Cl)ccc1Oc1ccc(C#N)cc1. The monoisotopic (exact) mass is 271 g/mol. The van der Waals surface area contributed by atoms with Crippen molar-refractivity contribution in [3.63, 3.8) is 0 Å². The van der Waals surface area contributed by atoms with E-state index in [1.54, 1.807) is 24.3 Å². The Kier molecular flexibility index (Phi) is 4.09. The minimum absolute atomic E-state index is 0.326. The van der Waals surface area contributed by atoms with E-state index in [-0.39, 0.29) is 0 Å². The van der Waals surface area contributed by atoms with Crippen molar-refractivity contribution < 1.29 is 4.74 Å². The largest absolute Gasteiger partial charge is 0.457 e. The average Bonchev–Trinajstić information content (AvgIpc) is 2.41. The second kappa shape index (κ2) is 5.77. The van der Waals surface area contributed by atoms with E-state index in [2.05, 4.69) is 19.9 Å². The van der Waals surface area contributed by atoms with Crippen LogP contribution in [-0.2, 0) is 0 Å². The van der Waals surface area contributed by atoms with Gasteiger partial charge < -0.3 is 4.74 Å². The van der Waals surface area contributed by atoms with Crippen molar-refractivity contribution >= 4 is 11.6 Å². The van der Waals surface area contributed by atoms with Gasteiger partial charge in [0.05, 0.1) is 11.6 Å². The summed E-state index contributed by atoms with van der Waals surface area (Å²) in [6, 6.07) is 14.7. The molecule has 0 radical (unpaired) electrons. The van der Waals surface area contributed by atoms with Crippen molar-refractivity contribution in [2.45, 2.75) is 19.8 Å². The third-order valence-corrected chi connectivity index (χ3v) is 3.04. The molecule has 0 aromatic heterocycles. The lowest BCUT2D eigenvalue weighted by molar-refractivity contribution is 0.473. The summed E-state index contributed by atoms with van der Waals surface area (Å²) >= 11 is 6.01. The number of rotatable bonds is 3. The molecule has 2 rings (SSSR count). The van der Waals surface area contributed by atoms with Crippen LogP contribution in [-0.4, -0.2) is 0 Å². The van der Waals surface area contributed by atoms with Crippen molar-refractivity contribution in [1.29, 1.82) is 5.26 Å². The molecule has 0 fully saturated rings. The van der Waals surface area contributed by atoms with Gasteiger partial charge >= 0.3 is 0 Å².